The van der Waals surface area contributed by atoms with Crippen molar-refractivity contribution in [2.45, 2.75) is 70.7 Å². The monoisotopic (exact) mass is 575 g/mol. The Morgan fingerprint density at radius 1 is 1.17 bits per heavy atom. The van der Waals surface area contributed by atoms with E-state index in [9.17, 15) is 24.8 Å². The minimum atomic E-state index is -0.734. The molecule has 11 heteroatoms. The van der Waals surface area contributed by atoms with Gasteiger partial charge in [0.2, 0.25) is 12.6 Å². The lowest BCUT2D eigenvalue weighted by atomic mass is 9.69. The van der Waals surface area contributed by atoms with Gasteiger partial charge >= 0.3 is 5.97 Å². The van der Waals surface area contributed by atoms with E-state index < -0.39 is 36.2 Å². The molecule has 42 heavy (non-hydrogen) atoms. The second kappa shape index (κ2) is 10.00. The summed E-state index contributed by atoms with van der Waals surface area (Å²) in [5, 5.41) is 22.1. The number of hydrogen-bond donors (Lipinski definition) is 1. The van der Waals surface area contributed by atoms with E-state index in [2.05, 4.69) is 6.07 Å². The number of hydrogen-bond acceptors (Lipinski definition) is 11. The van der Waals surface area contributed by atoms with E-state index in [4.69, 9.17) is 18.9 Å². The van der Waals surface area contributed by atoms with Gasteiger partial charge in [-0.2, -0.15) is 5.26 Å². The Kier molecular flexibility index (Phi) is 6.66. The maximum absolute atomic E-state index is 13.9. The van der Waals surface area contributed by atoms with E-state index in [1.54, 1.807) is 33.8 Å². The molecule has 220 valence electrons. The van der Waals surface area contributed by atoms with Gasteiger partial charge < -0.3 is 24.1 Å². The minimum Gasteiger partial charge on any atom is -0.507 e. The zero-order valence-corrected chi connectivity index (χ0v) is 24.4. The summed E-state index contributed by atoms with van der Waals surface area (Å²) in [6.07, 6.45) is 2.11. The largest absolute Gasteiger partial charge is 0.507 e. The van der Waals surface area contributed by atoms with Crippen molar-refractivity contribution in [1.82, 2.24) is 9.80 Å². The highest BCUT2D eigenvalue weighted by atomic mass is 16.7. The highest BCUT2D eigenvalue weighted by molar-refractivity contribution is 6.25. The maximum atomic E-state index is 13.9. The number of ketones is 2. The van der Waals surface area contributed by atoms with Gasteiger partial charge in [0.25, 0.3) is 0 Å². The average molecular weight is 576 g/mol. The summed E-state index contributed by atoms with van der Waals surface area (Å²) in [5.74, 6) is -0.191. The first kappa shape index (κ1) is 28.0. The first-order valence-corrected chi connectivity index (χ1v) is 14.0. The van der Waals surface area contributed by atoms with Crippen molar-refractivity contribution in [2.24, 2.45) is 0 Å². The average Bonchev–Trinajstić information content (AvgIpc) is 3.47. The fraction of sp³-hybridized carbons (Fsp3) is 0.484. The van der Waals surface area contributed by atoms with Crippen LogP contribution in [-0.2, 0) is 30.3 Å². The molecule has 0 saturated carbocycles. The van der Waals surface area contributed by atoms with Crippen LogP contribution in [0.3, 0.4) is 0 Å². The minimum absolute atomic E-state index is 0.0186. The molecule has 5 atom stereocenters. The molecular weight excluding hydrogens is 542 g/mol. The van der Waals surface area contributed by atoms with Crippen LogP contribution >= 0.6 is 0 Å². The van der Waals surface area contributed by atoms with Crippen LogP contribution in [0.1, 0.15) is 49.9 Å². The Bertz CT molecular complexity index is 1580. The van der Waals surface area contributed by atoms with Crippen molar-refractivity contribution < 1.29 is 38.4 Å². The summed E-state index contributed by atoms with van der Waals surface area (Å²) >= 11 is 0. The summed E-state index contributed by atoms with van der Waals surface area (Å²) < 4.78 is 22.8. The number of phenolic OH excluding ortho intramolecular Hbond substituents is 1. The Morgan fingerprint density at radius 3 is 2.55 bits per heavy atom. The standard InChI is InChI=1S/C31H33N3O8/c1-7-13(2)31(38)40-11-21-22-16(26(36)15(4)29-30(22)42-12-41-29)9-19-24-23-17(25(35)14(3)28(39-6)27(23)37)8-18(33(24)5)20(10-32)34(19)21/h7,18-21,24,36H,8-9,11-12H2,1-6H3/b13-7-/t18-,19-,20-,21-,24-/m0/s1. The van der Waals surface area contributed by atoms with Crippen LogP contribution in [0.25, 0.3) is 0 Å². The number of nitriles is 1. The van der Waals surface area contributed by atoms with Gasteiger partial charge in [-0.1, -0.05) is 6.08 Å². The molecule has 1 aromatic carbocycles. The predicted molar refractivity (Wildman–Crippen MR) is 148 cm³/mol. The molecule has 5 aliphatic rings. The van der Waals surface area contributed by atoms with Gasteiger partial charge in [-0.05, 0) is 47.6 Å². The van der Waals surface area contributed by atoms with Gasteiger partial charge in [0.15, 0.2) is 23.0 Å². The summed E-state index contributed by atoms with van der Waals surface area (Å²) in [6.45, 7) is 6.56. The number of phenols is 1. The summed E-state index contributed by atoms with van der Waals surface area (Å²) in [4.78, 5) is 44.2. The van der Waals surface area contributed by atoms with Crippen LogP contribution in [0.2, 0.25) is 0 Å². The summed E-state index contributed by atoms with van der Waals surface area (Å²) in [5.41, 5.74) is 3.15. The first-order valence-electron chi connectivity index (χ1n) is 14.0. The summed E-state index contributed by atoms with van der Waals surface area (Å²) in [7, 11) is 3.24. The Morgan fingerprint density at radius 2 is 1.88 bits per heavy atom. The van der Waals surface area contributed by atoms with Crippen molar-refractivity contribution in [3.8, 4) is 23.3 Å². The fourth-order valence-corrected chi connectivity index (χ4v) is 7.40. The zero-order chi connectivity index (χ0) is 30.2. The highest BCUT2D eigenvalue weighted by Gasteiger charge is 2.59. The lowest BCUT2D eigenvalue weighted by molar-refractivity contribution is -0.144. The number of carbonyl (C=O) groups excluding carboxylic acids is 3. The number of methoxy groups -OCH3 is 1. The van der Waals surface area contributed by atoms with Crippen LogP contribution in [0.4, 0.5) is 0 Å². The number of Topliss-reactive ketones (excluding diaryl/α,β-unsaturated/α-hetero) is 2. The molecule has 1 saturated heterocycles. The molecule has 1 N–H and O–H groups in total. The number of piperazine rings is 1. The lowest BCUT2D eigenvalue weighted by Crippen LogP contribution is -2.72. The third-order valence-electron chi connectivity index (χ3n) is 9.57. The van der Waals surface area contributed by atoms with Crippen molar-refractivity contribution in [3.63, 3.8) is 0 Å². The fourth-order valence-electron chi connectivity index (χ4n) is 7.40. The lowest BCUT2D eigenvalue weighted by Gasteiger charge is -2.60. The molecule has 4 aliphatic heterocycles. The Balaban J connectivity index is 1.56. The third-order valence-corrected chi connectivity index (χ3v) is 9.57. The molecule has 0 spiro atoms. The molecule has 2 bridgehead atoms. The number of likely N-dealkylation sites (N-methyl/N-ethyl adjacent to an activating group) is 1. The van der Waals surface area contributed by atoms with Crippen LogP contribution in [0.15, 0.2) is 34.1 Å². The van der Waals surface area contributed by atoms with Crippen LogP contribution in [0.5, 0.6) is 17.2 Å². The molecule has 0 radical (unpaired) electrons. The van der Waals surface area contributed by atoms with E-state index in [0.29, 0.717) is 44.9 Å². The first-order chi connectivity index (χ1) is 20.1. The molecular formula is C31H33N3O8. The van der Waals surface area contributed by atoms with Gasteiger partial charge in [-0.15, -0.1) is 0 Å². The SMILES string of the molecule is C/C=C(/C)C(=O)OC[C@H]1c2c(c(O)c(C)c3c2OCO3)C[C@H]2[C@H]3C4=C(C[C@@H]([C@H](C#N)N12)N3C)C(=O)C(C)=C(OC)C4=O. The topological polar surface area (TPSA) is 139 Å². The van der Waals surface area contributed by atoms with Gasteiger partial charge in [-0.25, -0.2) is 4.79 Å². The second-order valence-electron chi connectivity index (χ2n) is 11.4. The van der Waals surface area contributed by atoms with E-state index in [1.807, 2.05) is 16.8 Å². The second-order valence-corrected chi connectivity index (χ2v) is 11.4. The molecule has 1 aliphatic carbocycles. The van der Waals surface area contributed by atoms with Crippen LogP contribution in [0, 0.1) is 18.3 Å². The zero-order valence-electron chi connectivity index (χ0n) is 24.4. The number of carbonyl (C=O) groups is 3. The van der Waals surface area contributed by atoms with Crippen LogP contribution in [-0.4, -0.2) is 84.2 Å². The third kappa shape index (κ3) is 3.68. The van der Waals surface area contributed by atoms with E-state index in [1.165, 1.54) is 7.11 Å². The van der Waals surface area contributed by atoms with E-state index in [0.717, 1.165) is 0 Å². The molecule has 1 aromatic rings. The van der Waals surface area contributed by atoms with E-state index in [-0.39, 0.29) is 54.9 Å². The molecule has 0 aromatic heterocycles. The molecule has 0 amide bonds. The number of aromatic hydroxyl groups is 1. The molecule has 0 unspecified atom stereocenters. The molecule has 11 nitrogen and oxygen atoms in total. The van der Waals surface area contributed by atoms with Gasteiger partial charge in [0.05, 0.1) is 25.3 Å². The number of rotatable bonds is 4. The number of benzene rings is 1. The maximum Gasteiger partial charge on any atom is 0.333 e. The Hall–Kier alpha value is -4.14. The molecule has 1 fully saturated rings. The number of ether oxygens (including phenoxy) is 4. The van der Waals surface area contributed by atoms with Gasteiger partial charge in [0.1, 0.15) is 18.4 Å². The van der Waals surface area contributed by atoms with Crippen molar-refractivity contribution in [3.05, 3.63) is 50.8 Å². The Labute approximate surface area is 243 Å². The predicted octanol–water partition coefficient (Wildman–Crippen LogP) is 2.55. The van der Waals surface area contributed by atoms with Gasteiger partial charge in [0, 0.05) is 51.1 Å². The summed E-state index contributed by atoms with van der Waals surface area (Å²) in [6, 6.07) is -0.520. The quantitative estimate of drug-likeness (QED) is 0.322. The smallest absolute Gasteiger partial charge is 0.333 e. The number of nitrogens with zero attached hydrogens (tertiary/aromatic N) is 3. The molecule has 6 rings (SSSR count). The van der Waals surface area contributed by atoms with Crippen molar-refractivity contribution in [2.75, 3.05) is 27.6 Å². The van der Waals surface area contributed by atoms with Crippen molar-refractivity contribution in [1.29, 1.82) is 5.26 Å². The van der Waals surface area contributed by atoms with Crippen molar-refractivity contribution >= 4 is 17.5 Å². The number of allylic oxidation sites excluding steroid dienone is 3. The van der Waals surface area contributed by atoms with E-state index >= 15 is 0 Å². The van der Waals surface area contributed by atoms with Gasteiger partial charge in [-0.3, -0.25) is 19.4 Å². The molecule has 4 heterocycles. The normalized spacial score (nSPS) is 28.7. The highest BCUT2D eigenvalue weighted by Crippen LogP contribution is 2.56. The number of esters is 1. The van der Waals surface area contributed by atoms with Crippen LogP contribution < -0.4 is 9.47 Å². The number of fused-ring (bicyclic) bond motifs is 8.